The molecule has 1 fully saturated rings. The lowest BCUT2D eigenvalue weighted by molar-refractivity contribution is -0.312. The van der Waals surface area contributed by atoms with Gasteiger partial charge in [-0.05, 0) is 28.8 Å². The highest BCUT2D eigenvalue weighted by molar-refractivity contribution is 5.79. The van der Waals surface area contributed by atoms with Crippen molar-refractivity contribution in [2.45, 2.75) is 49.1 Å². The van der Waals surface area contributed by atoms with E-state index in [2.05, 4.69) is 16.6 Å². The third kappa shape index (κ3) is 11.0. The highest BCUT2D eigenvalue weighted by Gasteiger charge is 2.55. The Hall–Kier alpha value is -4.11. The first kappa shape index (κ1) is 37.3. The SMILES string of the molecule is C#CCOCCOCCO[C@]1(C(=O)O)C[C@H](O)[C@@H](NC(=O)CO)[C@H]([C@H](O)[C@H](O)CNC(=O)Cc2ccc(-c3ccc(O)cc3)cc2)O1. The molecular formula is C32H40N2O13. The molecule has 2 amide bonds. The van der Waals surface area contributed by atoms with Crippen LogP contribution in [-0.2, 0) is 39.8 Å². The Labute approximate surface area is 271 Å². The third-order valence-corrected chi connectivity index (χ3v) is 7.25. The number of carbonyl (C=O) groups excluding carboxylic acids is 2. The van der Waals surface area contributed by atoms with E-state index in [1.54, 1.807) is 48.5 Å². The molecule has 2 aromatic rings. The number of carboxylic acids is 1. The number of hydrogen-bond acceptors (Lipinski definition) is 12. The van der Waals surface area contributed by atoms with Crippen molar-refractivity contribution in [3.05, 3.63) is 54.1 Å². The lowest BCUT2D eigenvalue weighted by atomic mass is 9.88. The Morgan fingerprint density at radius 1 is 0.979 bits per heavy atom. The molecular weight excluding hydrogens is 620 g/mol. The van der Waals surface area contributed by atoms with Gasteiger partial charge in [0.1, 0.15) is 31.2 Å². The highest BCUT2D eigenvalue weighted by atomic mass is 16.7. The zero-order valence-corrected chi connectivity index (χ0v) is 25.5. The average molecular weight is 661 g/mol. The number of benzene rings is 2. The first-order chi connectivity index (χ1) is 22.5. The van der Waals surface area contributed by atoms with Gasteiger partial charge >= 0.3 is 5.97 Å². The van der Waals surface area contributed by atoms with Crippen molar-refractivity contribution in [1.29, 1.82) is 0 Å². The number of ether oxygens (including phenoxy) is 4. The summed E-state index contributed by atoms with van der Waals surface area (Å²) in [7, 11) is 0. The molecule has 0 spiro atoms. The molecule has 15 nitrogen and oxygen atoms in total. The van der Waals surface area contributed by atoms with Gasteiger partial charge in [-0.1, -0.05) is 42.3 Å². The maximum absolute atomic E-state index is 12.6. The monoisotopic (exact) mass is 660 g/mol. The minimum absolute atomic E-state index is 0.0689. The number of aromatic hydroxyl groups is 1. The van der Waals surface area contributed by atoms with Crippen LogP contribution < -0.4 is 10.6 Å². The van der Waals surface area contributed by atoms with Crippen LogP contribution in [0.5, 0.6) is 5.75 Å². The van der Waals surface area contributed by atoms with Gasteiger partial charge in [0, 0.05) is 13.0 Å². The number of nitrogens with one attached hydrogen (secondary N) is 2. The molecule has 2 aromatic carbocycles. The molecule has 8 N–H and O–H groups in total. The fourth-order valence-corrected chi connectivity index (χ4v) is 4.84. The maximum Gasteiger partial charge on any atom is 0.364 e. The zero-order chi connectivity index (χ0) is 34.4. The predicted octanol–water partition coefficient (Wildman–Crippen LogP) is -1.47. The Bertz CT molecular complexity index is 1350. The summed E-state index contributed by atoms with van der Waals surface area (Å²) in [6.07, 6.45) is -2.81. The lowest BCUT2D eigenvalue weighted by Gasteiger charge is -2.46. The Morgan fingerprint density at radius 2 is 1.60 bits per heavy atom. The summed E-state index contributed by atoms with van der Waals surface area (Å²) >= 11 is 0. The molecule has 6 atom stereocenters. The van der Waals surface area contributed by atoms with Gasteiger partial charge in [0.2, 0.25) is 11.8 Å². The minimum atomic E-state index is -2.51. The summed E-state index contributed by atoms with van der Waals surface area (Å²) in [6.45, 7) is -1.49. The van der Waals surface area contributed by atoms with E-state index < -0.39 is 73.6 Å². The number of rotatable bonds is 18. The molecule has 1 heterocycles. The standard InChI is InChI=1S/C32H40N2O13/c1-2-11-44-12-13-45-14-15-46-32(31(42)43)17-24(37)28(34-27(40)19-35)30(47-32)29(41)25(38)18-33-26(39)16-20-3-5-21(6-4-20)22-7-9-23(36)10-8-22/h1,3-10,24-25,28-30,35-38,41H,11-19H2,(H,33,39)(H,34,40)(H,42,43)/t24-,25+,28+,29+,30+,32+/m0/s1. The molecule has 1 aliphatic rings. The van der Waals surface area contributed by atoms with Crippen molar-refractivity contribution in [2.75, 3.05) is 46.2 Å². The van der Waals surface area contributed by atoms with Crippen molar-refractivity contribution in [2.24, 2.45) is 0 Å². The largest absolute Gasteiger partial charge is 0.508 e. The molecule has 0 unspecified atom stereocenters. The van der Waals surface area contributed by atoms with Crippen molar-refractivity contribution >= 4 is 17.8 Å². The number of hydrogen-bond donors (Lipinski definition) is 8. The summed E-state index contributed by atoms with van der Waals surface area (Å²) in [5.74, 6) is -3.20. The van der Waals surface area contributed by atoms with E-state index in [1.165, 1.54) is 0 Å². The van der Waals surface area contributed by atoms with Gasteiger partial charge in [0.15, 0.2) is 0 Å². The molecule has 3 rings (SSSR count). The first-order valence-corrected chi connectivity index (χ1v) is 14.7. The summed E-state index contributed by atoms with van der Waals surface area (Å²) in [5, 5.41) is 66.1. The molecule has 0 radical (unpaired) electrons. The highest BCUT2D eigenvalue weighted by Crippen LogP contribution is 2.33. The number of terminal acetylenes is 1. The van der Waals surface area contributed by atoms with Crippen LogP contribution in [0.2, 0.25) is 0 Å². The summed E-state index contributed by atoms with van der Waals surface area (Å²) in [4.78, 5) is 36.9. The summed E-state index contributed by atoms with van der Waals surface area (Å²) < 4.78 is 21.5. The van der Waals surface area contributed by atoms with E-state index in [-0.39, 0.29) is 45.2 Å². The fraction of sp³-hybridized carbons (Fsp3) is 0.469. The number of phenols is 1. The molecule has 0 bridgehead atoms. The topological polar surface area (TPSA) is 234 Å². The maximum atomic E-state index is 12.6. The first-order valence-electron chi connectivity index (χ1n) is 14.7. The minimum Gasteiger partial charge on any atom is -0.508 e. The number of aliphatic hydroxyl groups is 4. The van der Waals surface area contributed by atoms with Crippen LogP contribution in [0.1, 0.15) is 12.0 Å². The van der Waals surface area contributed by atoms with Gasteiger partial charge in [-0.15, -0.1) is 6.42 Å². The summed E-state index contributed by atoms with van der Waals surface area (Å²) in [6, 6.07) is 12.2. The predicted molar refractivity (Wildman–Crippen MR) is 164 cm³/mol. The molecule has 256 valence electrons. The number of aliphatic hydroxyl groups excluding tert-OH is 4. The van der Waals surface area contributed by atoms with Gasteiger partial charge in [-0.25, -0.2) is 4.79 Å². The number of aliphatic carboxylic acids is 1. The number of carboxylic acid groups (broad SMARTS) is 1. The van der Waals surface area contributed by atoms with E-state index in [1.807, 2.05) is 0 Å². The van der Waals surface area contributed by atoms with E-state index in [9.17, 15) is 45.0 Å². The normalized spacial score (nSPS) is 22.1. The second-order valence-corrected chi connectivity index (χ2v) is 10.7. The zero-order valence-electron chi connectivity index (χ0n) is 25.5. The van der Waals surface area contributed by atoms with E-state index in [0.29, 0.717) is 5.56 Å². The molecule has 47 heavy (non-hydrogen) atoms. The van der Waals surface area contributed by atoms with Crippen LogP contribution in [0, 0.1) is 12.3 Å². The van der Waals surface area contributed by atoms with Crippen LogP contribution in [-0.4, -0.2) is 131 Å². The third-order valence-electron chi connectivity index (χ3n) is 7.25. The van der Waals surface area contributed by atoms with Gasteiger partial charge in [0.05, 0.1) is 51.1 Å². The van der Waals surface area contributed by atoms with Crippen LogP contribution in [0.15, 0.2) is 48.5 Å². The van der Waals surface area contributed by atoms with Gasteiger partial charge in [-0.2, -0.15) is 0 Å². The number of amides is 2. The smallest absolute Gasteiger partial charge is 0.364 e. The van der Waals surface area contributed by atoms with E-state index in [0.717, 1.165) is 11.1 Å². The van der Waals surface area contributed by atoms with Crippen molar-refractivity contribution in [1.82, 2.24) is 10.6 Å². The van der Waals surface area contributed by atoms with Gasteiger partial charge < -0.3 is 60.2 Å². The number of phenolic OH excluding ortho intramolecular Hbond substituents is 1. The van der Waals surface area contributed by atoms with Crippen molar-refractivity contribution < 1.29 is 64.0 Å². The second kappa shape index (κ2) is 18.3. The Morgan fingerprint density at radius 3 is 2.21 bits per heavy atom. The molecule has 0 aliphatic carbocycles. The Balaban J connectivity index is 1.62. The van der Waals surface area contributed by atoms with Crippen LogP contribution in [0.4, 0.5) is 0 Å². The molecule has 1 saturated heterocycles. The van der Waals surface area contributed by atoms with Crippen LogP contribution in [0.25, 0.3) is 11.1 Å². The van der Waals surface area contributed by atoms with Gasteiger partial charge in [0.25, 0.3) is 5.79 Å². The van der Waals surface area contributed by atoms with E-state index in [4.69, 9.17) is 25.4 Å². The summed E-state index contributed by atoms with van der Waals surface area (Å²) in [5.41, 5.74) is 2.38. The lowest BCUT2D eigenvalue weighted by Crippen LogP contribution is -2.68. The quantitative estimate of drug-likeness (QED) is 0.0675. The second-order valence-electron chi connectivity index (χ2n) is 10.7. The molecule has 15 heteroatoms. The van der Waals surface area contributed by atoms with Crippen LogP contribution in [0.3, 0.4) is 0 Å². The van der Waals surface area contributed by atoms with Crippen molar-refractivity contribution in [3.63, 3.8) is 0 Å². The van der Waals surface area contributed by atoms with E-state index >= 15 is 0 Å². The average Bonchev–Trinajstić information content (AvgIpc) is 3.06. The molecule has 0 aromatic heterocycles. The molecule has 0 saturated carbocycles. The molecule has 1 aliphatic heterocycles. The number of carbonyl (C=O) groups is 3. The van der Waals surface area contributed by atoms with Crippen molar-refractivity contribution in [3.8, 4) is 29.2 Å². The Kier molecular flexibility index (Phi) is 14.5. The van der Waals surface area contributed by atoms with Crippen LogP contribution >= 0.6 is 0 Å². The fourth-order valence-electron chi connectivity index (χ4n) is 4.84. The van der Waals surface area contributed by atoms with Gasteiger partial charge in [-0.3, -0.25) is 9.59 Å².